The van der Waals surface area contributed by atoms with Crippen molar-refractivity contribution in [2.45, 2.75) is 25.4 Å². The Morgan fingerprint density at radius 1 is 1.42 bits per heavy atom. The van der Waals surface area contributed by atoms with Gasteiger partial charge >= 0.3 is 0 Å². The van der Waals surface area contributed by atoms with Crippen molar-refractivity contribution in [1.82, 2.24) is 4.98 Å². The topological polar surface area (TPSA) is 54.1 Å². The van der Waals surface area contributed by atoms with Crippen LogP contribution in [0.3, 0.4) is 0 Å². The maximum absolute atomic E-state index is 11.9. The van der Waals surface area contributed by atoms with Gasteiger partial charge in [-0.2, -0.15) is 0 Å². The van der Waals surface area contributed by atoms with Crippen molar-refractivity contribution >= 4 is 16.6 Å². The zero-order chi connectivity index (χ0) is 13.3. The van der Waals surface area contributed by atoms with E-state index in [0.717, 1.165) is 36.0 Å². The molecule has 3 rings (SSSR count). The summed E-state index contributed by atoms with van der Waals surface area (Å²) >= 11 is 0. The van der Waals surface area contributed by atoms with E-state index in [2.05, 4.69) is 17.2 Å². The molecule has 0 saturated carbocycles. The molecule has 19 heavy (non-hydrogen) atoms. The first kappa shape index (κ1) is 12.2. The molecule has 0 amide bonds. The van der Waals surface area contributed by atoms with Gasteiger partial charge in [0, 0.05) is 18.5 Å². The van der Waals surface area contributed by atoms with E-state index in [0.29, 0.717) is 6.54 Å². The highest BCUT2D eigenvalue weighted by atomic mass is 16.5. The number of nitrogens with one attached hydrogen (secondary N) is 2. The van der Waals surface area contributed by atoms with Crippen LogP contribution in [0.2, 0.25) is 0 Å². The van der Waals surface area contributed by atoms with Crippen molar-refractivity contribution in [3.05, 3.63) is 40.7 Å². The number of ether oxygens (including phenoxy) is 1. The molecule has 1 aliphatic rings. The van der Waals surface area contributed by atoms with Crippen molar-refractivity contribution in [2.24, 2.45) is 0 Å². The van der Waals surface area contributed by atoms with Crippen molar-refractivity contribution in [3.8, 4) is 0 Å². The van der Waals surface area contributed by atoms with Gasteiger partial charge in [-0.1, -0.05) is 18.2 Å². The van der Waals surface area contributed by atoms with Crippen LogP contribution in [0.1, 0.15) is 19.8 Å². The van der Waals surface area contributed by atoms with Crippen LogP contribution < -0.4 is 10.9 Å². The lowest BCUT2D eigenvalue weighted by Crippen LogP contribution is -2.33. The Balaban J connectivity index is 1.83. The number of H-pyrrole nitrogens is 1. The molecule has 1 atom stereocenters. The molecule has 2 heterocycles. The lowest BCUT2D eigenvalue weighted by atomic mass is 10.0. The summed E-state index contributed by atoms with van der Waals surface area (Å²) < 4.78 is 5.73. The number of benzene rings is 1. The van der Waals surface area contributed by atoms with Crippen LogP contribution in [0.4, 0.5) is 5.82 Å². The van der Waals surface area contributed by atoms with Crippen molar-refractivity contribution in [1.29, 1.82) is 0 Å². The highest BCUT2D eigenvalue weighted by molar-refractivity contribution is 5.83. The predicted molar refractivity (Wildman–Crippen MR) is 76.6 cm³/mol. The fourth-order valence-corrected chi connectivity index (χ4v) is 2.56. The largest absolute Gasteiger partial charge is 0.373 e. The monoisotopic (exact) mass is 258 g/mol. The zero-order valence-corrected chi connectivity index (χ0v) is 11.0. The van der Waals surface area contributed by atoms with E-state index in [1.165, 1.54) is 0 Å². The SMILES string of the molecule is CC1(CNc2cc3ccccc3c(=O)[nH]2)CCCO1. The van der Waals surface area contributed by atoms with Gasteiger partial charge < -0.3 is 15.0 Å². The van der Waals surface area contributed by atoms with E-state index in [-0.39, 0.29) is 11.2 Å². The summed E-state index contributed by atoms with van der Waals surface area (Å²) in [4.78, 5) is 14.8. The second kappa shape index (κ2) is 4.70. The van der Waals surface area contributed by atoms with Gasteiger partial charge in [0.1, 0.15) is 5.82 Å². The molecule has 0 bridgehead atoms. The van der Waals surface area contributed by atoms with E-state index in [1.807, 2.05) is 30.3 Å². The van der Waals surface area contributed by atoms with E-state index < -0.39 is 0 Å². The van der Waals surface area contributed by atoms with Crippen LogP contribution in [0.15, 0.2) is 35.1 Å². The molecule has 0 aliphatic carbocycles. The first-order chi connectivity index (χ1) is 9.16. The number of anilines is 1. The maximum atomic E-state index is 11.9. The molecular weight excluding hydrogens is 240 g/mol. The highest BCUT2D eigenvalue weighted by Gasteiger charge is 2.29. The number of pyridine rings is 1. The summed E-state index contributed by atoms with van der Waals surface area (Å²) in [7, 11) is 0. The Morgan fingerprint density at radius 2 is 2.26 bits per heavy atom. The number of fused-ring (bicyclic) bond motifs is 1. The van der Waals surface area contributed by atoms with Crippen LogP contribution in [0, 0.1) is 0 Å². The molecular formula is C15H18N2O2. The summed E-state index contributed by atoms with van der Waals surface area (Å²) in [5.74, 6) is 0.750. The Morgan fingerprint density at radius 3 is 3.05 bits per heavy atom. The average molecular weight is 258 g/mol. The normalized spacial score (nSPS) is 22.8. The predicted octanol–water partition coefficient (Wildman–Crippen LogP) is 2.51. The molecule has 1 aromatic heterocycles. The molecule has 0 spiro atoms. The molecule has 1 saturated heterocycles. The number of hydrogen-bond donors (Lipinski definition) is 2. The summed E-state index contributed by atoms with van der Waals surface area (Å²) in [5, 5.41) is 4.95. The van der Waals surface area contributed by atoms with Gasteiger partial charge in [0.2, 0.25) is 0 Å². The van der Waals surface area contributed by atoms with Crippen LogP contribution in [0.25, 0.3) is 10.8 Å². The van der Waals surface area contributed by atoms with E-state index in [1.54, 1.807) is 0 Å². The maximum Gasteiger partial charge on any atom is 0.257 e. The first-order valence-corrected chi connectivity index (χ1v) is 6.66. The van der Waals surface area contributed by atoms with Gasteiger partial charge in [0.25, 0.3) is 5.56 Å². The van der Waals surface area contributed by atoms with Gasteiger partial charge in [0.15, 0.2) is 0 Å². The first-order valence-electron chi connectivity index (χ1n) is 6.66. The summed E-state index contributed by atoms with van der Waals surface area (Å²) in [6, 6.07) is 9.56. The molecule has 1 aromatic carbocycles. The molecule has 1 fully saturated rings. The summed E-state index contributed by atoms with van der Waals surface area (Å²) in [5.41, 5.74) is -0.180. The number of aromatic amines is 1. The van der Waals surface area contributed by atoms with Gasteiger partial charge in [-0.15, -0.1) is 0 Å². The fourth-order valence-electron chi connectivity index (χ4n) is 2.56. The van der Waals surface area contributed by atoms with Crippen molar-refractivity contribution in [2.75, 3.05) is 18.5 Å². The standard InChI is InChI=1S/C15H18N2O2/c1-15(7-4-8-19-15)10-16-13-9-11-5-2-3-6-12(11)14(18)17-13/h2-3,5-6,9H,4,7-8,10H2,1H3,(H2,16,17,18). The fraction of sp³-hybridized carbons (Fsp3) is 0.400. The number of hydrogen-bond acceptors (Lipinski definition) is 3. The molecule has 2 aromatic rings. The summed E-state index contributed by atoms with van der Waals surface area (Å²) in [6.45, 7) is 3.64. The van der Waals surface area contributed by atoms with Crippen molar-refractivity contribution < 1.29 is 4.74 Å². The van der Waals surface area contributed by atoms with Crippen LogP contribution in [-0.4, -0.2) is 23.7 Å². The van der Waals surface area contributed by atoms with E-state index in [4.69, 9.17) is 4.74 Å². The lowest BCUT2D eigenvalue weighted by Gasteiger charge is -2.23. The molecule has 4 heteroatoms. The molecule has 0 radical (unpaired) electrons. The summed E-state index contributed by atoms with van der Waals surface area (Å²) in [6.07, 6.45) is 2.16. The Kier molecular flexibility index (Phi) is 3.03. The molecule has 1 aliphatic heterocycles. The average Bonchev–Trinajstić information content (AvgIpc) is 2.84. The van der Waals surface area contributed by atoms with Crippen LogP contribution in [-0.2, 0) is 4.74 Å². The van der Waals surface area contributed by atoms with Gasteiger partial charge in [-0.05, 0) is 37.3 Å². The third kappa shape index (κ3) is 2.49. The van der Waals surface area contributed by atoms with E-state index in [9.17, 15) is 4.79 Å². The molecule has 4 nitrogen and oxygen atoms in total. The van der Waals surface area contributed by atoms with Gasteiger partial charge in [-0.3, -0.25) is 4.79 Å². The van der Waals surface area contributed by atoms with Gasteiger partial charge in [-0.25, -0.2) is 0 Å². The van der Waals surface area contributed by atoms with Crippen molar-refractivity contribution in [3.63, 3.8) is 0 Å². The third-order valence-corrected chi connectivity index (χ3v) is 3.71. The smallest absolute Gasteiger partial charge is 0.257 e. The quantitative estimate of drug-likeness (QED) is 0.889. The van der Waals surface area contributed by atoms with Crippen LogP contribution >= 0.6 is 0 Å². The van der Waals surface area contributed by atoms with E-state index >= 15 is 0 Å². The number of rotatable bonds is 3. The minimum Gasteiger partial charge on any atom is -0.373 e. The minimum absolute atomic E-state index is 0.0573. The molecule has 2 N–H and O–H groups in total. The lowest BCUT2D eigenvalue weighted by molar-refractivity contribution is 0.0315. The second-order valence-corrected chi connectivity index (χ2v) is 5.35. The second-order valence-electron chi connectivity index (χ2n) is 5.35. The Bertz CT molecular complexity index is 642. The molecule has 100 valence electrons. The Hall–Kier alpha value is -1.81. The van der Waals surface area contributed by atoms with Crippen LogP contribution in [0.5, 0.6) is 0 Å². The Labute approximate surface area is 111 Å². The zero-order valence-electron chi connectivity index (χ0n) is 11.0. The molecule has 1 unspecified atom stereocenters. The van der Waals surface area contributed by atoms with Gasteiger partial charge in [0.05, 0.1) is 5.60 Å². The number of aromatic nitrogens is 1. The minimum atomic E-state index is -0.122. The third-order valence-electron chi connectivity index (χ3n) is 3.71. The highest BCUT2D eigenvalue weighted by Crippen LogP contribution is 2.25.